The van der Waals surface area contributed by atoms with Gasteiger partial charge in [0.25, 0.3) is 0 Å². The SMILES string of the molecule is O=C(Cc1c(F)cccc1Cl)NCCI. The van der Waals surface area contributed by atoms with Gasteiger partial charge in [0.2, 0.25) is 5.91 Å². The maximum absolute atomic E-state index is 13.3. The summed E-state index contributed by atoms with van der Waals surface area (Å²) in [5, 5.41) is 2.95. The van der Waals surface area contributed by atoms with Crippen molar-refractivity contribution in [3.05, 3.63) is 34.6 Å². The number of amides is 1. The van der Waals surface area contributed by atoms with Gasteiger partial charge in [0.05, 0.1) is 6.42 Å². The first-order chi connectivity index (χ1) is 7.15. The van der Waals surface area contributed by atoms with Crippen molar-refractivity contribution in [3.63, 3.8) is 0 Å². The fourth-order valence-corrected chi connectivity index (χ4v) is 1.61. The highest BCUT2D eigenvalue weighted by atomic mass is 127. The fraction of sp³-hybridized carbons (Fsp3) is 0.300. The molecule has 0 aliphatic carbocycles. The lowest BCUT2D eigenvalue weighted by Crippen LogP contribution is -2.27. The van der Waals surface area contributed by atoms with Crippen LogP contribution in [0.15, 0.2) is 18.2 Å². The molecule has 1 N–H and O–H groups in total. The first-order valence-corrected chi connectivity index (χ1v) is 6.31. The minimum atomic E-state index is -0.438. The van der Waals surface area contributed by atoms with Crippen molar-refractivity contribution in [2.75, 3.05) is 11.0 Å². The van der Waals surface area contributed by atoms with Crippen LogP contribution in [0.4, 0.5) is 4.39 Å². The molecule has 0 aliphatic heterocycles. The molecule has 0 radical (unpaired) electrons. The van der Waals surface area contributed by atoms with Crippen LogP contribution < -0.4 is 5.32 Å². The number of alkyl halides is 1. The molecule has 2 nitrogen and oxygen atoms in total. The second kappa shape index (κ2) is 6.27. The van der Waals surface area contributed by atoms with Gasteiger partial charge in [-0.1, -0.05) is 40.3 Å². The molecule has 1 rings (SSSR count). The Morgan fingerprint density at radius 1 is 1.53 bits per heavy atom. The van der Waals surface area contributed by atoms with Crippen LogP contribution in [0.5, 0.6) is 0 Å². The quantitative estimate of drug-likeness (QED) is 0.662. The molecule has 0 spiro atoms. The van der Waals surface area contributed by atoms with Crippen molar-refractivity contribution in [1.82, 2.24) is 5.32 Å². The zero-order chi connectivity index (χ0) is 11.3. The molecular weight excluding hydrogens is 331 g/mol. The highest BCUT2D eigenvalue weighted by Crippen LogP contribution is 2.19. The van der Waals surface area contributed by atoms with Crippen molar-refractivity contribution in [2.24, 2.45) is 0 Å². The Labute approximate surface area is 106 Å². The van der Waals surface area contributed by atoms with Crippen molar-refractivity contribution >= 4 is 40.1 Å². The van der Waals surface area contributed by atoms with Crippen LogP contribution >= 0.6 is 34.2 Å². The predicted octanol–water partition coefficient (Wildman–Crippen LogP) is 2.57. The Balaban J connectivity index is 2.68. The maximum Gasteiger partial charge on any atom is 0.224 e. The standard InChI is InChI=1S/C10H10ClFINO/c11-8-2-1-3-9(12)7(8)6-10(15)14-5-4-13/h1-3H,4-6H2,(H,14,15). The van der Waals surface area contributed by atoms with Crippen LogP contribution in [0.2, 0.25) is 5.02 Å². The molecule has 0 heterocycles. The number of benzene rings is 1. The molecule has 0 saturated carbocycles. The first kappa shape index (κ1) is 12.7. The van der Waals surface area contributed by atoms with E-state index in [9.17, 15) is 9.18 Å². The zero-order valence-corrected chi connectivity index (χ0v) is 10.8. The minimum absolute atomic E-state index is 0.0118. The van der Waals surface area contributed by atoms with E-state index in [0.717, 1.165) is 4.43 Å². The van der Waals surface area contributed by atoms with Crippen molar-refractivity contribution in [3.8, 4) is 0 Å². The van der Waals surface area contributed by atoms with E-state index < -0.39 is 5.82 Å². The number of carbonyl (C=O) groups excluding carboxylic acids is 1. The van der Waals surface area contributed by atoms with Crippen LogP contribution in [0, 0.1) is 5.82 Å². The predicted molar refractivity (Wildman–Crippen MR) is 67.0 cm³/mol. The summed E-state index contributed by atoms with van der Waals surface area (Å²) in [6, 6.07) is 4.39. The number of hydrogen-bond donors (Lipinski definition) is 1. The van der Waals surface area contributed by atoms with Gasteiger partial charge >= 0.3 is 0 Å². The second-order valence-electron chi connectivity index (χ2n) is 2.92. The number of halogens is 3. The van der Waals surface area contributed by atoms with Crippen molar-refractivity contribution in [2.45, 2.75) is 6.42 Å². The Bertz CT molecular complexity index is 339. The third kappa shape index (κ3) is 3.95. The van der Waals surface area contributed by atoms with E-state index in [1.54, 1.807) is 6.07 Å². The monoisotopic (exact) mass is 341 g/mol. The molecule has 0 aromatic heterocycles. The van der Waals surface area contributed by atoms with Gasteiger partial charge < -0.3 is 5.32 Å². The molecule has 0 saturated heterocycles. The van der Waals surface area contributed by atoms with Gasteiger partial charge in [-0.15, -0.1) is 0 Å². The van der Waals surface area contributed by atoms with Gasteiger partial charge in [0.1, 0.15) is 5.82 Å². The topological polar surface area (TPSA) is 29.1 Å². The largest absolute Gasteiger partial charge is 0.355 e. The third-order valence-electron chi connectivity index (χ3n) is 1.82. The summed E-state index contributed by atoms with van der Waals surface area (Å²) in [6.45, 7) is 0.589. The molecule has 0 atom stereocenters. The molecule has 1 aromatic carbocycles. The molecule has 0 unspecified atom stereocenters. The fourth-order valence-electron chi connectivity index (χ4n) is 1.11. The van der Waals surface area contributed by atoms with Crippen LogP contribution in [0.3, 0.4) is 0 Å². The van der Waals surface area contributed by atoms with Crippen LogP contribution in [0.1, 0.15) is 5.56 Å². The normalized spacial score (nSPS) is 10.1. The van der Waals surface area contributed by atoms with E-state index in [0.29, 0.717) is 11.6 Å². The average molecular weight is 342 g/mol. The summed E-state index contributed by atoms with van der Waals surface area (Å²) in [7, 11) is 0. The zero-order valence-electron chi connectivity index (χ0n) is 7.90. The van der Waals surface area contributed by atoms with Crippen molar-refractivity contribution < 1.29 is 9.18 Å². The minimum Gasteiger partial charge on any atom is -0.355 e. The first-order valence-electron chi connectivity index (χ1n) is 4.40. The van der Waals surface area contributed by atoms with E-state index >= 15 is 0 Å². The molecule has 1 amide bonds. The lowest BCUT2D eigenvalue weighted by Gasteiger charge is -2.06. The molecule has 82 valence electrons. The van der Waals surface area contributed by atoms with Gasteiger partial charge in [-0.05, 0) is 12.1 Å². The van der Waals surface area contributed by atoms with Gasteiger partial charge in [0.15, 0.2) is 0 Å². The average Bonchev–Trinajstić information content (AvgIpc) is 2.21. The summed E-state index contributed by atoms with van der Waals surface area (Å²) >= 11 is 7.94. The number of carbonyl (C=O) groups is 1. The van der Waals surface area contributed by atoms with Gasteiger partial charge in [-0.2, -0.15) is 0 Å². The maximum atomic E-state index is 13.3. The highest BCUT2D eigenvalue weighted by molar-refractivity contribution is 14.1. The Hall–Kier alpha value is -0.360. The Morgan fingerprint density at radius 3 is 2.87 bits per heavy atom. The number of rotatable bonds is 4. The lowest BCUT2D eigenvalue weighted by molar-refractivity contribution is -0.120. The second-order valence-corrected chi connectivity index (χ2v) is 4.40. The molecule has 15 heavy (non-hydrogen) atoms. The smallest absolute Gasteiger partial charge is 0.224 e. The van der Waals surface area contributed by atoms with E-state index in [2.05, 4.69) is 27.9 Å². The van der Waals surface area contributed by atoms with Gasteiger partial charge in [-0.25, -0.2) is 4.39 Å². The van der Waals surface area contributed by atoms with E-state index in [1.807, 2.05) is 0 Å². The molecule has 1 aromatic rings. The summed E-state index contributed by atoms with van der Waals surface area (Å²) in [6.07, 6.45) is -0.0118. The highest BCUT2D eigenvalue weighted by Gasteiger charge is 2.10. The Morgan fingerprint density at radius 2 is 2.27 bits per heavy atom. The van der Waals surface area contributed by atoms with Crippen LogP contribution in [-0.4, -0.2) is 16.9 Å². The molecule has 0 bridgehead atoms. The number of hydrogen-bond acceptors (Lipinski definition) is 1. The van der Waals surface area contributed by atoms with E-state index in [4.69, 9.17) is 11.6 Å². The third-order valence-corrected chi connectivity index (χ3v) is 2.71. The summed E-state index contributed by atoms with van der Waals surface area (Å²) in [5.41, 5.74) is 0.255. The lowest BCUT2D eigenvalue weighted by atomic mass is 10.1. The van der Waals surface area contributed by atoms with E-state index in [1.165, 1.54) is 12.1 Å². The summed E-state index contributed by atoms with van der Waals surface area (Å²) in [5.74, 6) is -0.647. The van der Waals surface area contributed by atoms with Crippen LogP contribution in [-0.2, 0) is 11.2 Å². The molecule has 5 heteroatoms. The van der Waals surface area contributed by atoms with Crippen molar-refractivity contribution in [1.29, 1.82) is 0 Å². The van der Waals surface area contributed by atoms with E-state index in [-0.39, 0.29) is 17.9 Å². The summed E-state index contributed by atoms with van der Waals surface area (Å²) in [4.78, 5) is 11.3. The Kier molecular flexibility index (Phi) is 5.31. The molecule has 0 fully saturated rings. The summed E-state index contributed by atoms with van der Waals surface area (Å²) < 4.78 is 14.1. The van der Waals surface area contributed by atoms with Crippen LogP contribution in [0.25, 0.3) is 0 Å². The molecule has 0 aliphatic rings. The van der Waals surface area contributed by atoms with Gasteiger partial charge in [0, 0.05) is 21.6 Å². The van der Waals surface area contributed by atoms with Gasteiger partial charge in [-0.3, -0.25) is 4.79 Å². The number of nitrogens with one attached hydrogen (secondary N) is 1. The molecular formula is C10H10ClFINO.